The zero-order valence-corrected chi connectivity index (χ0v) is 16.6. The minimum absolute atomic E-state index is 0.143. The molecule has 0 spiro atoms. The predicted molar refractivity (Wildman–Crippen MR) is 108 cm³/mol. The number of unbranched alkanes of at least 4 members (excludes halogenated alkanes) is 1. The first-order chi connectivity index (χ1) is 13.2. The number of methoxy groups -OCH3 is 1. The Bertz CT molecular complexity index is 660. The van der Waals surface area contributed by atoms with Gasteiger partial charge in [-0.15, -0.1) is 6.42 Å². The summed E-state index contributed by atoms with van der Waals surface area (Å²) in [5, 5.41) is 8.99. The van der Waals surface area contributed by atoms with E-state index < -0.39 is 0 Å². The third-order valence-electron chi connectivity index (χ3n) is 5.06. The second-order valence-electron chi connectivity index (χ2n) is 6.98. The quantitative estimate of drug-likeness (QED) is 0.352. The summed E-state index contributed by atoms with van der Waals surface area (Å²) in [4.78, 5) is 15.0. The number of terminal acetylenes is 1. The van der Waals surface area contributed by atoms with Gasteiger partial charge in [0.1, 0.15) is 11.9 Å². The molecule has 1 saturated carbocycles. The summed E-state index contributed by atoms with van der Waals surface area (Å²) < 4.78 is 5.38. The first-order valence-electron chi connectivity index (χ1n) is 9.97. The van der Waals surface area contributed by atoms with E-state index in [2.05, 4.69) is 23.1 Å². The van der Waals surface area contributed by atoms with Crippen LogP contribution >= 0.6 is 0 Å². The number of benzene rings is 1. The van der Waals surface area contributed by atoms with E-state index in [1.165, 1.54) is 19.3 Å². The Morgan fingerprint density at radius 1 is 1.33 bits per heavy atom. The largest absolute Gasteiger partial charge is 0.496 e. The molecule has 1 aliphatic rings. The van der Waals surface area contributed by atoms with Gasteiger partial charge < -0.3 is 9.64 Å². The molecule has 0 saturated heterocycles. The fourth-order valence-corrected chi connectivity index (χ4v) is 3.57. The van der Waals surface area contributed by atoms with Gasteiger partial charge in [-0.05, 0) is 31.4 Å². The average Bonchev–Trinajstić information content (AvgIpc) is 2.72. The van der Waals surface area contributed by atoms with Crippen molar-refractivity contribution in [2.75, 3.05) is 20.2 Å². The number of para-hydroxylation sites is 1. The summed E-state index contributed by atoms with van der Waals surface area (Å²) in [7, 11) is 1.57. The van der Waals surface area contributed by atoms with E-state index in [9.17, 15) is 4.79 Å². The normalized spacial score (nSPS) is 16.0. The summed E-state index contributed by atoms with van der Waals surface area (Å²) in [6, 6.07) is 7.25. The van der Waals surface area contributed by atoms with Gasteiger partial charge in [0, 0.05) is 5.92 Å². The number of carbonyl (C=O) groups excluding carboxylic acids is 1. The van der Waals surface area contributed by atoms with Gasteiger partial charge in [0.25, 0.3) is 5.91 Å². The van der Waals surface area contributed by atoms with Crippen molar-refractivity contribution in [2.45, 2.75) is 58.0 Å². The Balaban J connectivity index is 2.32. The highest BCUT2D eigenvalue weighted by Crippen LogP contribution is 2.31. The highest BCUT2D eigenvalue weighted by atomic mass is 16.5. The molecule has 27 heavy (non-hydrogen) atoms. The zero-order chi connectivity index (χ0) is 19.5. The van der Waals surface area contributed by atoms with Crippen molar-refractivity contribution in [1.29, 1.82) is 0 Å². The van der Waals surface area contributed by atoms with Gasteiger partial charge in [0.2, 0.25) is 0 Å². The van der Waals surface area contributed by atoms with Gasteiger partial charge in [-0.1, -0.05) is 50.7 Å². The number of carbonyl (C=O) groups is 1. The minimum Gasteiger partial charge on any atom is -0.496 e. The van der Waals surface area contributed by atoms with Crippen LogP contribution in [0.25, 0.3) is 0 Å². The molecule has 2 rings (SSSR count). The molecule has 1 aromatic carbocycles. The molecule has 1 atom stereocenters. The standard InChI is InChI=1S/C22H31N3O2/c1-4-6-16-23-24-21(18-12-8-7-9-13-18)25(17-5-2)22(26)19-14-10-11-15-20(19)27-3/h2,10-11,14-15,18,21H,4,6-9,12-13,16-17H2,1,3H3. The molecule has 0 radical (unpaired) electrons. The molecule has 1 unspecified atom stereocenters. The Labute approximate surface area is 163 Å². The van der Waals surface area contributed by atoms with E-state index in [1.54, 1.807) is 24.1 Å². The lowest BCUT2D eigenvalue weighted by atomic mass is 9.86. The van der Waals surface area contributed by atoms with Crippen LogP contribution in [0.5, 0.6) is 5.75 Å². The number of nitrogens with zero attached hydrogens (tertiary/aromatic N) is 3. The topological polar surface area (TPSA) is 54.3 Å². The highest BCUT2D eigenvalue weighted by molar-refractivity contribution is 5.97. The Morgan fingerprint density at radius 2 is 2.07 bits per heavy atom. The SMILES string of the molecule is C#CCN(C(=O)c1ccccc1OC)C(N=NCCCC)C1CCCCC1. The molecule has 0 aliphatic heterocycles. The number of amides is 1. The van der Waals surface area contributed by atoms with Crippen molar-refractivity contribution in [2.24, 2.45) is 16.1 Å². The molecular weight excluding hydrogens is 338 g/mol. The van der Waals surface area contributed by atoms with Crippen LogP contribution in [-0.2, 0) is 0 Å². The van der Waals surface area contributed by atoms with Crippen LogP contribution in [-0.4, -0.2) is 37.2 Å². The molecule has 0 heterocycles. The van der Waals surface area contributed by atoms with E-state index in [-0.39, 0.29) is 18.6 Å². The van der Waals surface area contributed by atoms with Crippen LogP contribution in [0.15, 0.2) is 34.5 Å². The highest BCUT2D eigenvalue weighted by Gasteiger charge is 2.33. The molecular formula is C22H31N3O2. The van der Waals surface area contributed by atoms with Crippen LogP contribution in [0.1, 0.15) is 62.2 Å². The van der Waals surface area contributed by atoms with Crippen LogP contribution in [0, 0.1) is 18.3 Å². The van der Waals surface area contributed by atoms with Crippen molar-refractivity contribution in [3.8, 4) is 18.1 Å². The van der Waals surface area contributed by atoms with Gasteiger partial charge in [-0.2, -0.15) is 10.2 Å². The molecule has 5 nitrogen and oxygen atoms in total. The third kappa shape index (κ3) is 5.82. The van der Waals surface area contributed by atoms with E-state index >= 15 is 0 Å². The average molecular weight is 370 g/mol. The van der Waals surface area contributed by atoms with Gasteiger partial charge in [0.05, 0.1) is 25.8 Å². The van der Waals surface area contributed by atoms with Crippen molar-refractivity contribution >= 4 is 5.91 Å². The molecule has 146 valence electrons. The Hall–Kier alpha value is -2.35. The summed E-state index contributed by atoms with van der Waals surface area (Å²) in [5.41, 5.74) is 0.514. The summed E-state index contributed by atoms with van der Waals surface area (Å²) in [5.74, 6) is 3.35. The van der Waals surface area contributed by atoms with E-state index in [0.29, 0.717) is 23.8 Å². The second kappa shape index (κ2) is 11.4. The van der Waals surface area contributed by atoms with Crippen LogP contribution in [0.2, 0.25) is 0 Å². The van der Waals surface area contributed by atoms with Crippen molar-refractivity contribution in [3.05, 3.63) is 29.8 Å². The second-order valence-corrected chi connectivity index (χ2v) is 6.98. The van der Waals surface area contributed by atoms with Gasteiger partial charge in [-0.25, -0.2) is 0 Å². The smallest absolute Gasteiger partial charge is 0.260 e. The fraction of sp³-hybridized carbons (Fsp3) is 0.591. The number of hydrogen-bond donors (Lipinski definition) is 0. The Kier molecular flexibility index (Phi) is 8.83. The number of azo groups is 1. The van der Waals surface area contributed by atoms with E-state index in [0.717, 1.165) is 25.7 Å². The summed E-state index contributed by atoms with van der Waals surface area (Å²) in [6.07, 6.45) is 13.0. The lowest BCUT2D eigenvalue weighted by Gasteiger charge is -2.34. The number of rotatable bonds is 9. The fourth-order valence-electron chi connectivity index (χ4n) is 3.57. The van der Waals surface area contributed by atoms with E-state index in [4.69, 9.17) is 11.2 Å². The lowest BCUT2D eigenvalue weighted by Crippen LogP contribution is -2.44. The van der Waals surface area contributed by atoms with Crippen molar-refractivity contribution in [1.82, 2.24) is 4.90 Å². The maximum atomic E-state index is 13.3. The van der Waals surface area contributed by atoms with E-state index in [1.807, 2.05) is 12.1 Å². The monoisotopic (exact) mass is 369 g/mol. The molecule has 1 amide bonds. The first kappa shape index (κ1) is 21.0. The molecule has 0 aromatic heterocycles. The van der Waals surface area contributed by atoms with Crippen LogP contribution in [0.4, 0.5) is 0 Å². The molecule has 0 N–H and O–H groups in total. The molecule has 1 aromatic rings. The molecule has 1 fully saturated rings. The number of hydrogen-bond acceptors (Lipinski definition) is 4. The van der Waals surface area contributed by atoms with Gasteiger partial charge in [-0.3, -0.25) is 4.79 Å². The molecule has 0 bridgehead atoms. The van der Waals surface area contributed by atoms with Crippen molar-refractivity contribution in [3.63, 3.8) is 0 Å². The molecule has 1 aliphatic carbocycles. The van der Waals surface area contributed by atoms with Crippen LogP contribution < -0.4 is 4.74 Å². The first-order valence-corrected chi connectivity index (χ1v) is 9.97. The summed E-state index contributed by atoms with van der Waals surface area (Å²) in [6.45, 7) is 3.03. The lowest BCUT2D eigenvalue weighted by molar-refractivity contribution is 0.0604. The molecule has 5 heteroatoms. The predicted octanol–water partition coefficient (Wildman–Crippen LogP) is 4.93. The zero-order valence-electron chi connectivity index (χ0n) is 16.6. The number of ether oxygens (including phenoxy) is 1. The third-order valence-corrected chi connectivity index (χ3v) is 5.06. The maximum Gasteiger partial charge on any atom is 0.260 e. The summed E-state index contributed by atoms with van der Waals surface area (Å²) >= 11 is 0. The van der Waals surface area contributed by atoms with Crippen molar-refractivity contribution < 1.29 is 9.53 Å². The Morgan fingerprint density at radius 3 is 2.74 bits per heavy atom. The minimum atomic E-state index is -0.310. The van der Waals surface area contributed by atoms with Gasteiger partial charge >= 0.3 is 0 Å². The van der Waals surface area contributed by atoms with Gasteiger partial charge in [0.15, 0.2) is 0 Å². The van der Waals surface area contributed by atoms with Crippen LogP contribution in [0.3, 0.4) is 0 Å². The maximum absolute atomic E-state index is 13.3.